The monoisotopic (exact) mass is 541 g/mol. The van der Waals surface area contributed by atoms with Gasteiger partial charge in [-0.05, 0) is 56.9 Å². The molecular formula is C27H35N5O7. The number of nitrogens with zero attached hydrogens (tertiary/aromatic N) is 5. The number of aryl methyl sites for hydroxylation is 1. The highest BCUT2D eigenvalue weighted by molar-refractivity contribution is 5.88. The topological polar surface area (TPSA) is 169 Å². The van der Waals surface area contributed by atoms with Gasteiger partial charge in [0, 0.05) is 50.5 Å². The van der Waals surface area contributed by atoms with Crippen molar-refractivity contribution in [2.24, 2.45) is 0 Å². The molecule has 0 aliphatic heterocycles. The van der Waals surface area contributed by atoms with Gasteiger partial charge in [0.1, 0.15) is 5.82 Å². The molecule has 3 heterocycles. The van der Waals surface area contributed by atoms with Crippen LogP contribution in [0.2, 0.25) is 0 Å². The molecule has 0 spiro atoms. The normalized spacial score (nSPS) is 11.2. The molecule has 0 bridgehead atoms. The first-order valence-electron chi connectivity index (χ1n) is 12.1. The molecule has 12 nitrogen and oxygen atoms in total. The van der Waals surface area contributed by atoms with E-state index < -0.39 is 36.4 Å². The molecule has 0 aliphatic rings. The fraction of sp³-hybridized carbons (Fsp3) is 0.370. The van der Waals surface area contributed by atoms with Gasteiger partial charge in [0.2, 0.25) is 0 Å². The predicted octanol–water partition coefficient (Wildman–Crippen LogP) is 1.89. The minimum atomic E-state index is -2.74. The Hall–Kier alpha value is -4.13. The number of likely N-dealkylation sites (N-methyl/N-ethyl adjacent to an activating group) is 1. The summed E-state index contributed by atoms with van der Waals surface area (Å²) in [5.74, 6) is -4.06. The van der Waals surface area contributed by atoms with Gasteiger partial charge < -0.3 is 29.9 Å². The Morgan fingerprint density at radius 2 is 1.59 bits per heavy atom. The molecule has 0 saturated heterocycles. The smallest absolute Gasteiger partial charge is 0.336 e. The van der Waals surface area contributed by atoms with Crippen LogP contribution in [0.1, 0.15) is 29.8 Å². The van der Waals surface area contributed by atoms with Crippen LogP contribution in [-0.2, 0) is 27.5 Å². The maximum Gasteiger partial charge on any atom is 0.336 e. The van der Waals surface area contributed by atoms with Gasteiger partial charge in [0.25, 0.3) is 0 Å². The van der Waals surface area contributed by atoms with Crippen LogP contribution < -0.4 is 0 Å². The average molecular weight is 542 g/mol. The zero-order chi connectivity index (χ0) is 29.0. The van der Waals surface area contributed by atoms with Gasteiger partial charge in [0.05, 0.1) is 18.5 Å². The van der Waals surface area contributed by atoms with E-state index in [2.05, 4.69) is 81.9 Å². The average Bonchev–Trinajstić information content (AvgIpc) is 3.31. The Kier molecular flexibility index (Phi) is 11.7. The first-order chi connectivity index (χ1) is 18.4. The van der Waals surface area contributed by atoms with Crippen molar-refractivity contribution in [3.8, 4) is 5.82 Å². The highest BCUT2D eigenvalue weighted by atomic mass is 16.4. The van der Waals surface area contributed by atoms with Crippen molar-refractivity contribution >= 4 is 17.9 Å². The van der Waals surface area contributed by atoms with E-state index in [0.29, 0.717) is 0 Å². The zero-order valence-corrected chi connectivity index (χ0v) is 22.3. The lowest BCUT2D eigenvalue weighted by Gasteiger charge is -2.24. The second-order valence-electron chi connectivity index (χ2n) is 9.38. The van der Waals surface area contributed by atoms with Crippen LogP contribution >= 0.6 is 0 Å². The van der Waals surface area contributed by atoms with E-state index in [1.807, 2.05) is 24.5 Å². The molecule has 0 saturated carbocycles. The van der Waals surface area contributed by atoms with Crippen molar-refractivity contribution in [3.05, 3.63) is 78.0 Å². The van der Waals surface area contributed by atoms with Crippen molar-refractivity contribution in [2.75, 3.05) is 27.2 Å². The van der Waals surface area contributed by atoms with Crippen molar-refractivity contribution in [3.63, 3.8) is 0 Å². The fourth-order valence-electron chi connectivity index (χ4n) is 3.59. The molecule has 4 N–H and O–H groups in total. The number of hydrogen-bond donors (Lipinski definition) is 4. The summed E-state index contributed by atoms with van der Waals surface area (Å²) >= 11 is 0. The third-order valence-electron chi connectivity index (χ3n) is 5.62. The Labute approximate surface area is 226 Å². The van der Waals surface area contributed by atoms with Crippen LogP contribution in [0, 0.1) is 6.92 Å². The van der Waals surface area contributed by atoms with Crippen molar-refractivity contribution in [2.45, 2.75) is 38.5 Å². The summed E-state index contributed by atoms with van der Waals surface area (Å²) in [6, 6.07) is 14.5. The van der Waals surface area contributed by atoms with E-state index in [0.717, 1.165) is 37.7 Å². The third kappa shape index (κ3) is 10.6. The lowest BCUT2D eigenvalue weighted by Crippen LogP contribution is -2.42. The molecule has 210 valence electrons. The molecule has 0 amide bonds. The van der Waals surface area contributed by atoms with Crippen LogP contribution in [0.4, 0.5) is 0 Å². The quantitative estimate of drug-likeness (QED) is 0.249. The summed E-state index contributed by atoms with van der Waals surface area (Å²) in [5.41, 5.74) is 0.761. The molecule has 0 aliphatic carbocycles. The number of hydrogen-bond acceptors (Lipinski definition) is 8. The summed E-state index contributed by atoms with van der Waals surface area (Å²) in [4.78, 5) is 44.2. The van der Waals surface area contributed by atoms with E-state index in [4.69, 9.17) is 20.4 Å². The predicted molar refractivity (Wildman–Crippen MR) is 142 cm³/mol. The number of rotatable bonds is 13. The van der Waals surface area contributed by atoms with Gasteiger partial charge in [-0.15, -0.1) is 0 Å². The second-order valence-corrected chi connectivity index (χ2v) is 9.38. The minimum Gasteiger partial charge on any atom is -0.481 e. The lowest BCUT2D eigenvalue weighted by molar-refractivity contribution is -0.170. The SMILES string of the molecule is Cc1ccc(-n2cccc2CN(CCN(C)C)Cc2ccccn2)nc1.O=C(O)CC(O)(CC(=O)O)C(=O)O. The largest absolute Gasteiger partial charge is 0.481 e. The Balaban J connectivity index is 0.000000349. The fourth-order valence-corrected chi connectivity index (χ4v) is 3.59. The van der Waals surface area contributed by atoms with Gasteiger partial charge in [-0.1, -0.05) is 12.1 Å². The van der Waals surface area contributed by atoms with Crippen LogP contribution in [0.25, 0.3) is 5.82 Å². The van der Waals surface area contributed by atoms with Gasteiger partial charge in [-0.2, -0.15) is 0 Å². The van der Waals surface area contributed by atoms with Crippen LogP contribution in [0.3, 0.4) is 0 Å². The first-order valence-corrected chi connectivity index (χ1v) is 12.1. The molecule has 0 unspecified atom stereocenters. The molecule has 0 fully saturated rings. The number of pyridine rings is 2. The number of carbonyl (C=O) groups is 3. The van der Waals surface area contributed by atoms with Crippen molar-refractivity contribution in [1.82, 2.24) is 24.3 Å². The highest BCUT2D eigenvalue weighted by Gasteiger charge is 2.40. The zero-order valence-electron chi connectivity index (χ0n) is 22.3. The highest BCUT2D eigenvalue weighted by Crippen LogP contribution is 2.16. The summed E-state index contributed by atoms with van der Waals surface area (Å²) in [5, 5.41) is 33.8. The van der Waals surface area contributed by atoms with E-state index in [1.165, 1.54) is 11.3 Å². The number of aromatic nitrogens is 3. The Bertz CT molecular complexity index is 1200. The van der Waals surface area contributed by atoms with Gasteiger partial charge in [-0.3, -0.25) is 19.5 Å². The van der Waals surface area contributed by atoms with Gasteiger partial charge >= 0.3 is 17.9 Å². The molecule has 0 radical (unpaired) electrons. The number of carboxylic acid groups (broad SMARTS) is 3. The van der Waals surface area contributed by atoms with Crippen LogP contribution in [0.15, 0.2) is 61.1 Å². The molecule has 3 rings (SSSR count). The van der Waals surface area contributed by atoms with E-state index in [1.54, 1.807) is 0 Å². The summed E-state index contributed by atoms with van der Waals surface area (Å²) in [6.45, 7) is 5.74. The Morgan fingerprint density at radius 1 is 0.897 bits per heavy atom. The Morgan fingerprint density at radius 3 is 2.10 bits per heavy atom. The summed E-state index contributed by atoms with van der Waals surface area (Å²) in [7, 11) is 4.22. The maximum absolute atomic E-state index is 10.3. The molecule has 3 aromatic heterocycles. The summed E-state index contributed by atoms with van der Waals surface area (Å²) < 4.78 is 2.17. The molecule has 39 heavy (non-hydrogen) atoms. The number of aliphatic hydroxyl groups is 1. The van der Waals surface area contributed by atoms with Crippen molar-refractivity contribution in [1.29, 1.82) is 0 Å². The van der Waals surface area contributed by atoms with Crippen LogP contribution in [0.5, 0.6) is 0 Å². The first kappa shape index (κ1) is 31.1. The standard InChI is InChI=1S/C21H27N5.C6H8O7/c1-18-9-10-21(23-15-18)26-12-6-8-20(26)17-25(14-13-24(2)3)16-19-7-4-5-11-22-19;7-3(8)1-6(13,5(11)12)2-4(9)10/h4-12,15H,13-14,16-17H2,1-3H3;13H,1-2H2,(H,7,8)(H,9,10)(H,11,12). The lowest BCUT2D eigenvalue weighted by atomic mass is 9.96. The van der Waals surface area contributed by atoms with Crippen LogP contribution in [-0.4, -0.2) is 95.5 Å². The molecule has 12 heteroatoms. The van der Waals surface area contributed by atoms with E-state index >= 15 is 0 Å². The van der Waals surface area contributed by atoms with Gasteiger partial charge in [0.15, 0.2) is 5.60 Å². The maximum atomic E-state index is 10.3. The molecule has 3 aromatic rings. The second kappa shape index (κ2) is 14.7. The van der Waals surface area contributed by atoms with Gasteiger partial charge in [-0.25, -0.2) is 9.78 Å². The summed E-state index contributed by atoms with van der Waals surface area (Å²) in [6.07, 6.45) is 3.57. The third-order valence-corrected chi connectivity index (χ3v) is 5.62. The van der Waals surface area contributed by atoms with Crippen molar-refractivity contribution < 1.29 is 34.8 Å². The molecular weight excluding hydrogens is 506 g/mol. The molecule has 0 atom stereocenters. The van der Waals surface area contributed by atoms with E-state index in [-0.39, 0.29) is 0 Å². The number of aliphatic carboxylic acids is 3. The van der Waals surface area contributed by atoms with E-state index in [9.17, 15) is 14.4 Å². The number of carboxylic acids is 3. The molecule has 0 aromatic carbocycles. The minimum absolute atomic E-state index is 0.835.